The van der Waals surface area contributed by atoms with Crippen molar-refractivity contribution in [1.29, 1.82) is 0 Å². The van der Waals surface area contributed by atoms with Gasteiger partial charge in [0, 0.05) is 44.7 Å². The van der Waals surface area contributed by atoms with E-state index in [-0.39, 0.29) is 11.8 Å². The Kier molecular flexibility index (Phi) is 6.82. The van der Waals surface area contributed by atoms with Crippen molar-refractivity contribution in [2.24, 2.45) is 0 Å². The normalized spacial score (nSPS) is 14.1. The molecule has 1 fully saturated rings. The van der Waals surface area contributed by atoms with Crippen LogP contribution in [-0.4, -0.2) is 47.9 Å². The van der Waals surface area contributed by atoms with Crippen molar-refractivity contribution < 1.29 is 9.59 Å². The second kappa shape index (κ2) is 9.92. The van der Waals surface area contributed by atoms with Crippen molar-refractivity contribution in [3.05, 3.63) is 54.1 Å². The Morgan fingerprint density at radius 1 is 1.03 bits per heavy atom. The standard InChI is InChI=1S/C24H28N4O2S/c1-2-6-22(29)26-24-25-20-11-9-18(17-21(20)31-24)10-12-23(30)28-15-13-27(14-16-28)19-7-4-3-5-8-19/h3-5,7-9,11,17H,2,6,10,12-16H2,1H3,(H,25,26,29). The van der Waals surface area contributed by atoms with Gasteiger partial charge in [-0.25, -0.2) is 4.98 Å². The zero-order valence-corrected chi connectivity index (χ0v) is 18.7. The number of para-hydroxylation sites is 1. The number of carbonyl (C=O) groups excluding carboxylic acids is 2. The molecule has 0 radical (unpaired) electrons. The van der Waals surface area contributed by atoms with Crippen LogP contribution >= 0.6 is 11.3 Å². The van der Waals surface area contributed by atoms with E-state index in [2.05, 4.69) is 45.5 Å². The SMILES string of the molecule is CCCC(=O)Nc1nc2ccc(CCC(=O)N3CCN(c4ccccc4)CC3)cc2s1. The van der Waals surface area contributed by atoms with Gasteiger partial charge in [0.05, 0.1) is 10.2 Å². The molecule has 0 bridgehead atoms. The third-order valence-corrected chi connectivity index (χ3v) is 6.49. The monoisotopic (exact) mass is 436 g/mol. The predicted octanol–water partition coefficient (Wildman–Crippen LogP) is 4.32. The van der Waals surface area contributed by atoms with Gasteiger partial charge in [0.2, 0.25) is 11.8 Å². The summed E-state index contributed by atoms with van der Waals surface area (Å²) in [6, 6.07) is 16.4. The number of hydrogen-bond acceptors (Lipinski definition) is 5. The van der Waals surface area contributed by atoms with Crippen molar-refractivity contribution in [1.82, 2.24) is 9.88 Å². The number of nitrogens with one attached hydrogen (secondary N) is 1. The summed E-state index contributed by atoms with van der Waals surface area (Å²) < 4.78 is 1.04. The lowest BCUT2D eigenvalue weighted by Crippen LogP contribution is -2.48. The van der Waals surface area contributed by atoms with E-state index in [1.54, 1.807) is 0 Å². The minimum atomic E-state index is -0.000243. The van der Waals surface area contributed by atoms with E-state index in [9.17, 15) is 9.59 Å². The summed E-state index contributed by atoms with van der Waals surface area (Å²) in [5.41, 5.74) is 3.22. The fraction of sp³-hybridized carbons (Fsp3) is 0.375. The summed E-state index contributed by atoms with van der Waals surface area (Å²) in [4.78, 5) is 33.3. The van der Waals surface area contributed by atoms with E-state index < -0.39 is 0 Å². The molecule has 0 aliphatic carbocycles. The fourth-order valence-corrected chi connectivity index (χ4v) is 4.79. The highest BCUT2D eigenvalue weighted by Gasteiger charge is 2.21. The smallest absolute Gasteiger partial charge is 0.226 e. The topological polar surface area (TPSA) is 65.5 Å². The first-order valence-electron chi connectivity index (χ1n) is 10.9. The van der Waals surface area contributed by atoms with Crippen LogP contribution in [0.3, 0.4) is 0 Å². The second-order valence-electron chi connectivity index (χ2n) is 7.82. The molecule has 1 N–H and O–H groups in total. The Bertz CT molecular complexity index is 1040. The maximum atomic E-state index is 12.7. The highest BCUT2D eigenvalue weighted by molar-refractivity contribution is 7.22. The van der Waals surface area contributed by atoms with Gasteiger partial charge in [-0.15, -0.1) is 0 Å². The zero-order valence-electron chi connectivity index (χ0n) is 17.8. The lowest BCUT2D eigenvalue weighted by Gasteiger charge is -2.36. The number of piperazine rings is 1. The molecule has 2 amide bonds. The first-order valence-corrected chi connectivity index (χ1v) is 11.7. The van der Waals surface area contributed by atoms with Gasteiger partial charge in [-0.3, -0.25) is 9.59 Å². The van der Waals surface area contributed by atoms with Crippen LogP contribution in [0.25, 0.3) is 10.2 Å². The maximum absolute atomic E-state index is 12.7. The minimum absolute atomic E-state index is 0.000243. The largest absolute Gasteiger partial charge is 0.368 e. The van der Waals surface area contributed by atoms with Crippen LogP contribution in [-0.2, 0) is 16.0 Å². The van der Waals surface area contributed by atoms with Gasteiger partial charge < -0.3 is 15.1 Å². The van der Waals surface area contributed by atoms with Gasteiger partial charge in [0.25, 0.3) is 0 Å². The number of rotatable bonds is 7. The molecule has 3 aromatic rings. The first-order chi connectivity index (χ1) is 15.1. The molecule has 7 heteroatoms. The summed E-state index contributed by atoms with van der Waals surface area (Å²) in [6.07, 6.45) is 2.54. The number of hydrogen-bond donors (Lipinski definition) is 1. The number of nitrogens with zero attached hydrogens (tertiary/aromatic N) is 3. The van der Waals surface area contributed by atoms with Gasteiger partial charge in [0.15, 0.2) is 5.13 Å². The van der Waals surface area contributed by atoms with E-state index >= 15 is 0 Å². The lowest BCUT2D eigenvalue weighted by atomic mass is 10.1. The number of thiazole rings is 1. The molecule has 0 spiro atoms. The number of carbonyl (C=O) groups is 2. The van der Waals surface area contributed by atoms with Crippen LogP contribution in [0.1, 0.15) is 31.7 Å². The number of aryl methyl sites for hydroxylation is 1. The molecule has 0 unspecified atom stereocenters. The number of fused-ring (bicyclic) bond motifs is 1. The average molecular weight is 437 g/mol. The van der Waals surface area contributed by atoms with Crippen LogP contribution in [0.15, 0.2) is 48.5 Å². The van der Waals surface area contributed by atoms with Gasteiger partial charge >= 0.3 is 0 Å². The number of amides is 2. The molecule has 0 saturated carbocycles. The molecule has 4 rings (SSSR count). The molecule has 162 valence electrons. The van der Waals surface area contributed by atoms with Gasteiger partial charge in [-0.1, -0.05) is 42.5 Å². The van der Waals surface area contributed by atoms with Gasteiger partial charge in [-0.2, -0.15) is 0 Å². The molecule has 1 aliphatic heterocycles. The Labute approximate surface area is 186 Å². The van der Waals surface area contributed by atoms with E-state index in [1.807, 2.05) is 30.0 Å². The molecule has 0 atom stereocenters. The van der Waals surface area contributed by atoms with Gasteiger partial charge in [0.1, 0.15) is 0 Å². The van der Waals surface area contributed by atoms with Crippen LogP contribution in [0.5, 0.6) is 0 Å². The zero-order chi connectivity index (χ0) is 21.6. The fourth-order valence-electron chi connectivity index (χ4n) is 3.85. The van der Waals surface area contributed by atoms with Crippen molar-refractivity contribution in [2.75, 3.05) is 36.4 Å². The van der Waals surface area contributed by atoms with Gasteiger partial charge in [-0.05, 0) is 42.7 Å². The van der Waals surface area contributed by atoms with Crippen molar-refractivity contribution in [2.45, 2.75) is 32.6 Å². The number of anilines is 2. The predicted molar refractivity (Wildman–Crippen MR) is 127 cm³/mol. The number of aromatic nitrogens is 1. The average Bonchev–Trinajstić information content (AvgIpc) is 3.19. The minimum Gasteiger partial charge on any atom is -0.368 e. The molecule has 1 aromatic heterocycles. The van der Waals surface area contributed by atoms with Crippen LogP contribution in [0.4, 0.5) is 10.8 Å². The third-order valence-electron chi connectivity index (χ3n) is 5.56. The van der Waals surface area contributed by atoms with Crippen molar-refractivity contribution >= 4 is 44.2 Å². The molecule has 6 nitrogen and oxygen atoms in total. The summed E-state index contributed by atoms with van der Waals surface area (Å²) in [6.45, 7) is 5.25. The first kappa shape index (κ1) is 21.3. The highest BCUT2D eigenvalue weighted by atomic mass is 32.1. The molecular weight excluding hydrogens is 408 g/mol. The summed E-state index contributed by atoms with van der Waals surface area (Å²) in [5, 5.41) is 3.50. The lowest BCUT2D eigenvalue weighted by molar-refractivity contribution is -0.131. The van der Waals surface area contributed by atoms with E-state index in [0.717, 1.165) is 48.4 Å². The van der Waals surface area contributed by atoms with Crippen LogP contribution < -0.4 is 10.2 Å². The molecule has 2 heterocycles. The molecule has 1 aliphatic rings. The summed E-state index contributed by atoms with van der Waals surface area (Å²) >= 11 is 1.48. The van der Waals surface area contributed by atoms with E-state index in [0.29, 0.717) is 24.4 Å². The van der Waals surface area contributed by atoms with E-state index in [1.165, 1.54) is 17.0 Å². The molecular formula is C24H28N4O2S. The van der Waals surface area contributed by atoms with Crippen molar-refractivity contribution in [3.63, 3.8) is 0 Å². The second-order valence-corrected chi connectivity index (χ2v) is 8.85. The van der Waals surface area contributed by atoms with Crippen LogP contribution in [0, 0.1) is 0 Å². The van der Waals surface area contributed by atoms with Crippen LogP contribution in [0.2, 0.25) is 0 Å². The van der Waals surface area contributed by atoms with Crippen molar-refractivity contribution in [3.8, 4) is 0 Å². The summed E-state index contributed by atoms with van der Waals surface area (Å²) in [5.74, 6) is 0.212. The highest BCUT2D eigenvalue weighted by Crippen LogP contribution is 2.27. The summed E-state index contributed by atoms with van der Waals surface area (Å²) in [7, 11) is 0. The Morgan fingerprint density at radius 2 is 1.81 bits per heavy atom. The Morgan fingerprint density at radius 3 is 2.55 bits per heavy atom. The third kappa shape index (κ3) is 5.41. The molecule has 31 heavy (non-hydrogen) atoms. The van der Waals surface area contributed by atoms with E-state index in [4.69, 9.17) is 0 Å². The molecule has 1 saturated heterocycles. The number of benzene rings is 2. The maximum Gasteiger partial charge on any atom is 0.226 e. The quantitative estimate of drug-likeness (QED) is 0.599. The Balaban J connectivity index is 1.29. The Hall–Kier alpha value is -2.93. The molecule has 2 aromatic carbocycles.